The summed E-state index contributed by atoms with van der Waals surface area (Å²) in [7, 11) is 0. The van der Waals surface area contributed by atoms with Crippen molar-refractivity contribution in [1.82, 2.24) is 9.97 Å². The van der Waals surface area contributed by atoms with Gasteiger partial charge in [-0.3, -0.25) is 0 Å². The highest BCUT2D eigenvalue weighted by Gasteiger charge is 2.20. The molecule has 1 aromatic heterocycles. The summed E-state index contributed by atoms with van der Waals surface area (Å²) in [5.74, 6) is 1.82. The first-order valence-electron chi connectivity index (χ1n) is 7.18. The molecule has 1 aliphatic rings. The molecule has 0 amide bonds. The minimum absolute atomic E-state index is 0.636. The van der Waals surface area contributed by atoms with E-state index >= 15 is 0 Å². The van der Waals surface area contributed by atoms with E-state index in [1.165, 1.54) is 32.1 Å². The lowest BCUT2D eigenvalue weighted by molar-refractivity contribution is 0.552. The summed E-state index contributed by atoms with van der Waals surface area (Å²) in [5, 5.41) is 3.19. The Morgan fingerprint density at radius 1 is 1.33 bits per heavy atom. The molecule has 1 aliphatic heterocycles. The Balaban J connectivity index is 2.18. The van der Waals surface area contributed by atoms with Crippen molar-refractivity contribution in [2.75, 3.05) is 23.3 Å². The second-order valence-electron chi connectivity index (χ2n) is 4.87. The van der Waals surface area contributed by atoms with Gasteiger partial charge in [0.25, 0.3) is 0 Å². The molecular formula is C14H24N4. The molecular weight excluding hydrogens is 224 g/mol. The molecule has 1 aromatic rings. The number of hydrogen-bond acceptors (Lipinski definition) is 4. The maximum absolute atomic E-state index is 4.63. The Morgan fingerprint density at radius 2 is 2.22 bits per heavy atom. The SMILES string of the molecule is CCNc1nccc(N2CCCCCC2CC)n1. The van der Waals surface area contributed by atoms with E-state index in [4.69, 9.17) is 0 Å². The predicted molar refractivity (Wildman–Crippen MR) is 76.1 cm³/mol. The number of aromatic nitrogens is 2. The highest BCUT2D eigenvalue weighted by atomic mass is 15.2. The number of rotatable bonds is 4. The zero-order chi connectivity index (χ0) is 12.8. The Labute approximate surface area is 110 Å². The van der Waals surface area contributed by atoms with E-state index in [1.807, 2.05) is 12.3 Å². The van der Waals surface area contributed by atoms with Crippen LogP contribution in [0.25, 0.3) is 0 Å². The Morgan fingerprint density at radius 3 is 3.00 bits per heavy atom. The lowest BCUT2D eigenvalue weighted by Gasteiger charge is -2.30. The van der Waals surface area contributed by atoms with E-state index in [9.17, 15) is 0 Å². The lowest BCUT2D eigenvalue weighted by atomic mass is 10.1. The largest absolute Gasteiger partial charge is 0.354 e. The fourth-order valence-electron chi connectivity index (χ4n) is 2.66. The summed E-state index contributed by atoms with van der Waals surface area (Å²) < 4.78 is 0. The van der Waals surface area contributed by atoms with Crippen LogP contribution in [0.15, 0.2) is 12.3 Å². The molecule has 2 heterocycles. The average molecular weight is 248 g/mol. The molecule has 0 spiro atoms. The van der Waals surface area contributed by atoms with Crippen molar-refractivity contribution in [3.8, 4) is 0 Å². The van der Waals surface area contributed by atoms with Crippen LogP contribution in [0.4, 0.5) is 11.8 Å². The van der Waals surface area contributed by atoms with Gasteiger partial charge in [-0.1, -0.05) is 19.8 Å². The van der Waals surface area contributed by atoms with Gasteiger partial charge in [0.15, 0.2) is 0 Å². The monoisotopic (exact) mass is 248 g/mol. The molecule has 2 rings (SSSR count). The molecule has 0 bridgehead atoms. The average Bonchev–Trinajstić information content (AvgIpc) is 2.64. The van der Waals surface area contributed by atoms with Gasteiger partial charge in [-0.25, -0.2) is 4.98 Å². The number of nitrogens with zero attached hydrogens (tertiary/aromatic N) is 3. The van der Waals surface area contributed by atoms with Crippen molar-refractivity contribution in [3.05, 3.63) is 12.3 Å². The van der Waals surface area contributed by atoms with Crippen LogP contribution in [-0.4, -0.2) is 29.1 Å². The first kappa shape index (κ1) is 13.1. The standard InChI is InChI=1S/C14H24N4/c1-3-12-8-6-5-7-11-18(12)13-9-10-16-14(17-13)15-4-2/h9-10,12H,3-8,11H2,1-2H3,(H,15,16,17). The molecule has 0 radical (unpaired) electrons. The molecule has 0 aromatic carbocycles. The van der Waals surface area contributed by atoms with Crippen LogP contribution in [0, 0.1) is 0 Å². The van der Waals surface area contributed by atoms with Crippen LogP contribution < -0.4 is 10.2 Å². The van der Waals surface area contributed by atoms with Crippen molar-refractivity contribution < 1.29 is 0 Å². The Kier molecular flexibility index (Phi) is 4.79. The molecule has 18 heavy (non-hydrogen) atoms. The highest BCUT2D eigenvalue weighted by Crippen LogP contribution is 2.24. The third-order valence-electron chi connectivity index (χ3n) is 3.62. The smallest absolute Gasteiger partial charge is 0.224 e. The molecule has 1 saturated heterocycles. The lowest BCUT2D eigenvalue weighted by Crippen LogP contribution is -2.35. The number of nitrogens with one attached hydrogen (secondary N) is 1. The highest BCUT2D eigenvalue weighted by molar-refractivity contribution is 5.43. The minimum atomic E-state index is 0.636. The van der Waals surface area contributed by atoms with E-state index < -0.39 is 0 Å². The topological polar surface area (TPSA) is 41.1 Å². The van der Waals surface area contributed by atoms with Crippen LogP contribution in [-0.2, 0) is 0 Å². The second-order valence-corrected chi connectivity index (χ2v) is 4.87. The predicted octanol–water partition coefficient (Wildman–Crippen LogP) is 3.07. The molecule has 1 unspecified atom stereocenters. The maximum Gasteiger partial charge on any atom is 0.224 e. The fourth-order valence-corrected chi connectivity index (χ4v) is 2.66. The van der Waals surface area contributed by atoms with Crippen molar-refractivity contribution in [2.24, 2.45) is 0 Å². The first-order valence-corrected chi connectivity index (χ1v) is 7.18. The van der Waals surface area contributed by atoms with E-state index in [-0.39, 0.29) is 0 Å². The van der Waals surface area contributed by atoms with Gasteiger partial charge in [0.1, 0.15) is 5.82 Å². The van der Waals surface area contributed by atoms with Crippen LogP contribution in [0.3, 0.4) is 0 Å². The molecule has 0 saturated carbocycles. The summed E-state index contributed by atoms with van der Waals surface area (Å²) in [6, 6.07) is 2.67. The fraction of sp³-hybridized carbons (Fsp3) is 0.714. The molecule has 0 aliphatic carbocycles. The molecule has 4 nitrogen and oxygen atoms in total. The molecule has 1 N–H and O–H groups in total. The zero-order valence-corrected chi connectivity index (χ0v) is 11.5. The van der Waals surface area contributed by atoms with Crippen molar-refractivity contribution in [3.63, 3.8) is 0 Å². The van der Waals surface area contributed by atoms with E-state index in [1.54, 1.807) is 0 Å². The molecule has 4 heteroatoms. The third-order valence-corrected chi connectivity index (χ3v) is 3.62. The van der Waals surface area contributed by atoms with Gasteiger partial charge >= 0.3 is 0 Å². The van der Waals surface area contributed by atoms with Crippen LogP contribution in [0.2, 0.25) is 0 Å². The van der Waals surface area contributed by atoms with Gasteiger partial charge in [0.05, 0.1) is 0 Å². The maximum atomic E-state index is 4.63. The zero-order valence-electron chi connectivity index (χ0n) is 11.5. The Hall–Kier alpha value is -1.32. The van der Waals surface area contributed by atoms with E-state index in [0.717, 1.165) is 24.9 Å². The number of hydrogen-bond donors (Lipinski definition) is 1. The summed E-state index contributed by atoms with van der Waals surface area (Å²) in [6.07, 6.45) is 8.31. The number of anilines is 2. The van der Waals surface area contributed by atoms with Crippen LogP contribution >= 0.6 is 0 Å². The van der Waals surface area contributed by atoms with Gasteiger partial charge < -0.3 is 10.2 Å². The molecule has 100 valence electrons. The Bertz CT molecular complexity index is 367. The molecule has 1 atom stereocenters. The first-order chi connectivity index (χ1) is 8.85. The van der Waals surface area contributed by atoms with Crippen LogP contribution in [0.5, 0.6) is 0 Å². The summed E-state index contributed by atoms with van der Waals surface area (Å²) in [4.78, 5) is 11.3. The summed E-state index contributed by atoms with van der Waals surface area (Å²) >= 11 is 0. The van der Waals surface area contributed by atoms with E-state index in [0.29, 0.717) is 6.04 Å². The van der Waals surface area contributed by atoms with Crippen molar-refractivity contribution in [1.29, 1.82) is 0 Å². The third kappa shape index (κ3) is 3.12. The van der Waals surface area contributed by atoms with Gasteiger partial charge in [-0.2, -0.15) is 4.98 Å². The quantitative estimate of drug-likeness (QED) is 0.889. The normalized spacial score (nSPS) is 20.6. The van der Waals surface area contributed by atoms with Gasteiger partial charge in [-0.15, -0.1) is 0 Å². The second kappa shape index (κ2) is 6.57. The molecule has 1 fully saturated rings. The van der Waals surface area contributed by atoms with Crippen molar-refractivity contribution >= 4 is 11.8 Å². The van der Waals surface area contributed by atoms with Gasteiger partial charge in [0.2, 0.25) is 5.95 Å². The van der Waals surface area contributed by atoms with Crippen molar-refractivity contribution in [2.45, 2.75) is 52.0 Å². The summed E-state index contributed by atoms with van der Waals surface area (Å²) in [5.41, 5.74) is 0. The summed E-state index contributed by atoms with van der Waals surface area (Å²) in [6.45, 7) is 6.33. The van der Waals surface area contributed by atoms with Crippen LogP contribution in [0.1, 0.15) is 46.0 Å². The van der Waals surface area contributed by atoms with Gasteiger partial charge in [0, 0.05) is 25.3 Å². The van der Waals surface area contributed by atoms with E-state index in [2.05, 4.69) is 34.0 Å². The van der Waals surface area contributed by atoms with Gasteiger partial charge in [-0.05, 0) is 32.3 Å². The minimum Gasteiger partial charge on any atom is -0.354 e.